The molecule has 0 spiro atoms. The minimum Gasteiger partial charge on any atom is -0.467 e. The first-order valence-corrected chi connectivity index (χ1v) is 7.56. The molecule has 2 heterocycles. The van der Waals surface area contributed by atoms with Crippen molar-refractivity contribution < 1.29 is 13.9 Å². The Labute approximate surface area is 129 Å². The summed E-state index contributed by atoms with van der Waals surface area (Å²) >= 11 is 0. The molecule has 22 heavy (non-hydrogen) atoms. The van der Waals surface area contributed by atoms with Crippen LogP contribution in [0.15, 0.2) is 47.1 Å². The van der Waals surface area contributed by atoms with Crippen molar-refractivity contribution in [3.8, 4) is 0 Å². The molecule has 1 saturated heterocycles. The van der Waals surface area contributed by atoms with E-state index in [1.807, 2.05) is 36.4 Å². The summed E-state index contributed by atoms with van der Waals surface area (Å²) in [4.78, 5) is 12.1. The molecule has 1 fully saturated rings. The lowest BCUT2D eigenvalue weighted by Crippen LogP contribution is -2.28. The average molecular weight is 300 g/mol. The fourth-order valence-electron chi connectivity index (χ4n) is 2.48. The summed E-state index contributed by atoms with van der Waals surface area (Å²) < 4.78 is 10.5. The van der Waals surface area contributed by atoms with Gasteiger partial charge in [0.1, 0.15) is 5.76 Å². The summed E-state index contributed by atoms with van der Waals surface area (Å²) in [5.74, 6) is 1.03. The molecular weight excluding hydrogens is 280 g/mol. The number of ether oxygens (including phenoxy) is 1. The van der Waals surface area contributed by atoms with Crippen molar-refractivity contribution in [2.24, 2.45) is 5.92 Å². The molecular formula is C17H20N2O3. The highest BCUT2D eigenvalue weighted by Crippen LogP contribution is 2.19. The largest absolute Gasteiger partial charge is 0.467 e. The number of nitrogens with one attached hydrogen (secondary N) is 2. The van der Waals surface area contributed by atoms with Crippen LogP contribution in [0.1, 0.15) is 18.6 Å². The molecule has 116 valence electrons. The SMILES string of the molecule is O=C(Nc1ccc(NCc2ccco2)cc1)C1CCOCC1. The Morgan fingerprint density at radius 2 is 1.82 bits per heavy atom. The van der Waals surface area contributed by atoms with Gasteiger partial charge < -0.3 is 19.8 Å². The van der Waals surface area contributed by atoms with Crippen LogP contribution in [-0.4, -0.2) is 19.1 Å². The van der Waals surface area contributed by atoms with Crippen molar-refractivity contribution in [3.05, 3.63) is 48.4 Å². The molecule has 1 aliphatic rings. The quantitative estimate of drug-likeness (QED) is 0.889. The molecule has 2 N–H and O–H groups in total. The molecule has 0 bridgehead atoms. The van der Waals surface area contributed by atoms with Crippen LogP contribution < -0.4 is 10.6 Å². The maximum Gasteiger partial charge on any atom is 0.227 e. The monoisotopic (exact) mass is 300 g/mol. The third-order valence-electron chi connectivity index (χ3n) is 3.79. The maximum absolute atomic E-state index is 12.1. The number of amides is 1. The summed E-state index contributed by atoms with van der Waals surface area (Å²) in [5, 5.41) is 6.24. The molecule has 0 radical (unpaired) electrons. The smallest absolute Gasteiger partial charge is 0.227 e. The standard InChI is InChI=1S/C17H20N2O3/c20-17(13-7-10-21-11-8-13)19-15-5-3-14(4-6-15)18-12-16-2-1-9-22-16/h1-6,9,13,18H,7-8,10-12H2,(H,19,20). The van der Waals surface area contributed by atoms with Gasteiger partial charge >= 0.3 is 0 Å². The molecule has 1 amide bonds. The van der Waals surface area contributed by atoms with Gasteiger partial charge in [0.25, 0.3) is 0 Å². The first-order chi connectivity index (χ1) is 10.8. The number of rotatable bonds is 5. The second-order valence-corrected chi connectivity index (χ2v) is 5.39. The maximum atomic E-state index is 12.1. The van der Waals surface area contributed by atoms with Gasteiger partial charge in [-0.3, -0.25) is 4.79 Å². The average Bonchev–Trinajstić information content (AvgIpc) is 3.08. The predicted octanol–water partition coefficient (Wildman–Crippen LogP) is 3.26. The van der Waals surface area contributed by atoms with Gasteiger partial charge in [-0.25, -0.2) is 0 Å². The lowest BCUT2D eigenvalue weighted by atomic mass is 9.99. The highest BCUT2D eigenvalue weighted by molar-refractivity contribution is 5.92. The number of carbonyl (C=O) groups excluding carboxylic acids is 1. The normalized spacial score (nSPS) is 15.5. The van der Waals surface area contributed by atoms with Gasteiger partial charge in [-0.2, -0.15) is 0 Å². The van der Waals surface area contributed by atoms with Crippen LogP contribution in [0.25, 0.3) is 0 Å². The van der Waals surface area contributed by atoms with Gasteiger partial charge in [0.05, 0.1) is 12.8 Å². The zero-order valence-electron chi connectivity index (χ0n) is 12.4. The van der Waals surface area contributed by atoms with E-state index >= 15 is 0 Å². The van der Waals surface area contributed by atoms with Crippen LogP contribution in [-0.2, 0) is 16.1 Å². The minimum atomic E-state index is 0.0607. The summed E-state index contributed by atoms with van der Waals surface area (Å²) in [6, 6.07) is 11.5. The van der Waals surface area contributed by atoms with E-state index in [-0.39, 0.29) is 11.8 Å². The predicted molar refractivity (Wildman–Crippen MR) is 84.6 cm³/mol. The van der Waals surface area contributed by atoms with Gasteiger partial charge in [-0.15, -0.1) is 0 Å². The Morgan fingerprint density at radius 3 is 2.50 bits per heavy atom. The molecule has 0 aliphatic carbocycles. The van der Waals surface area contributed by atoms with Crippen LogP contribution in [0.3, 0.4) is 0 Å². The highest BCUT2D eigenvalue weighted by Gasteiger charge is 2.21. The molecule has 5 heteroatoms. The number of hydrogen-bond donors (Lipinski definition) is 2. The molecule has 3 rings (SSSR count). The molecule has 2 aromatic rings. The highest BCUT2D eigenvalue weighted by atomic mass is 16.5. The van der Waals surface area contributed by atoms with Crippen LogP contribution in [0.2, 0.25) is 0 Å². The van der Waals surface area contributed by atoms with Crippen molar-refractivity contribution in [3.63, 3.8) is 0 Å². The summed E-state index contributed by atoms with van der Waals surface area (Å²) in [6.07, 6.45) is 3.26. The van der Waals surface area contributed by atoms with Crippen molar-refractivity contribution >= 4 is 17.3 Å². The number of furan rings is 1. The second-order valence-electron chi connectivity index (χ2n) is 5.39. The van der Waals surface area contributed by atoms with Crippen molar-refractivity contribution in [1.82, 2.24) is 0 Å². The van der Waals surface area contributed by atoms with E-state index in [9.17, 15) is 4.79 Å². The van der Waals surface area contributed by atoms with Crippen molar-refractivity contribution in [2.45, 2.75) is 19.4 Å². The fraction of sp³-hybridized carbons (Fsp3) is 0.353. The Morgan fingerprint density at radius 1 is 1.09 bits per heavy atom. The summed E-state index contributed by atoms with van der Waals surface area (Å²) in [6.45, 7) is 1.99. The first kappa shape index (κ1) is 14.7. The molecule has 0 saturated carbocycles. The van der Waals surface area contributed by atoms with E-state index in [1.165, 1.54) is 0 Å². The third-order valence-corrected chi connectivity index (χ3v) is 3.79. The topological polar surface area (TPSA) is 63.5 Å². The molecule has 5 nitrogen and oxygen atoms in total. The van der Waals surface area contributed by atoms with Crippen molar-refractivity contribution in [1.29, 1.82) is 0 Å². The van der Waals surface area contributed by atoms with Gasteiger partial charge in [0.15, 0.2) is 0 Å². The van der Waals surface area contributed by atoms with Crippen molar-refractivity contribution in [2.75, 3.05) is 23.8 Å². The van der Waals surface area contributed by atoms with Crippen LogP contribution in [0.4, 0.5) is 11.4 Å². The third kappa shape index (κ3) is 3.89. The Kier molecular flexibility index (Phi) is 4.75. The van der Waals surface area contributed by atoms with Gasteiger partial charge in [0.2, 0.25) is 5.91 Å². The second kappa shape index (κ2) is 7.13. The number of carbonyl (C=O) groups is 1. The van der Waals surface area contributed by atoms with E-state index in [0.717, 1.165) is 30.0 Å². The van der Waals surface area contributed by atoms with E-state index in [1.54, 1.807) is 6.26 Å². The number of benzene rings is 1. The first-order valence-electron chi connectivity index (χ1n) is 7.56. The Hall–Kier alpha value is -2.27. The molecule has 1 aromatic carbocycles. The van der Waals surface area contributed by atoms with E-state index < -0.39 is 0 Å². The molecule has 1 aromatic heterocycles. The number of anilines is 2. The van der Waals surface area contributed by atoms with E-state index in [0.29, 0.717) is 19.8 Å². The minimum absolute atomic E-state index is 0.0607. The molecule has 0 atom stereocenters. The van der Waals surface area contributed by atoms with Crippen LogP contribution in [0, 0.1) is 5.92 Å². The van der Waals surface area contributed by atoms with E-state index in [2.05, 4.69) is 10.6 Å². The molecule has 0 unspecified atom stereocenters. The van der Waals surface area contributed by atoms with Gasteiger partial charge in [0, 0.05) is 30.5 Å². The zero-order chi connectivity index (χ0) is 15.2. The Balaban J connectivity index is 1.51. The lowest BCUT2D eigenvalue weighted by Gasteiger charge is -2.21. The summed E-state index contributed by atoms with van der Waals surface area (Å²) in [5.41, 5.74) is 1.81. The number of hydrogen-bond acceptors (Lipinski definition) is 4. The van der Waals surface area contributed by atoms with Gasteiger partial charge in [-0.1, -0.05) is 0 Å². The Bertz CT molecular complexity index is 587. The molecule has 1 aliphatic heterocycles. The van der Waals surface area contributed by atoms with Crippen LogP contribution >= 0.6 is 0 Å². The zero-order valence-corrected chi connectivity index (χ0v) is 12.4. The van der Waals surface area contributed by atoms with E-state index in [4.69, 9.17) is 9.15 Å². The summed E-state index contributed by atoms with van der Waals surface area (Å²) in [7, 11) is 0. The van der Waals surface area contributed by atoms with Crippen LogP contribution in [0.5, 0.6) is 0 Å². The fourth-order valence-corrected chi connectivity index (χ4v) is 2.48. The van der Waals surface area contributed by atoms with Gasteiger partial charge in [-0.05, 0) is 49.2 Å². The lowest BCUT2D eigenvalue weighted by molar-refractivity contribution is -0.122.